The van der Waals surface area contributed by atoms with Gasteiger partial charge in [-0.25, -0.2) is 4.79 Å². The Morgan fingerprint density at radius 2 is 2.17 bits per heavy atom. The summed E-state index contributed by atoms with van der Waals surface area (Å²) in [6.07, 6.45) is 2.68. The van der Waals surface area contributed by atoms with Crippen molar-refractivity contribution in [3.05, 3.63) is 47.7 Å². The quantitative estimate of drug-likeness (QED) is 0.628. The molecule has 0 spiro atoms. The standard InChI is InChI=1S/C13H11NO4/c1-2-4-8-5-3-6-9(11(8)15)7-10-12(16)14-13(17)18-10/h2-3,5-7,15H,1,4H2,(H,14,16,17)/b10-7+. The molecule has 92 valence electrons. The molecule has 1 aliphatic rings. The zero-order valence-electron chi connectivity index (χ0n) is 9.47. The third-order valence-electron chi connectivity index (χ3n) is 2.44. The summed E-state index contributed by atoms with van der Waals surface area (Å²) in [6.45, 7) is 3.59. The molecule has 2 rings (SSSR count). The minimum absolute atomic E-state index is 0.0423. The van der Waals surface area contributed by atoms with Crippen LogP contribution in [0.3, 0.4) is 0 Å². The lowest BCUT2D eigenvalue weighted by Crippen LogP contribution is -2.18. The normalized spacial score (nSPS) is 16.6. The van der Waals surface area contributed by atoms with Crippen LogP contribution >= 0.6 is 0 Å². The van der Waals surface area contributed by atoms with E-state index in [9.17, 15) is 14.7 Å². The maximum Gasteiger partial charge on any atom is 0.419 e. The molecule has 0 radical (unpaired) electrons. The summed E-state index contributed by atoms with van der Waals surface area (Å²) < 4.78 is 4.66. The van der Waals surface area contributed by atoms with Crippen LogP contribution in [0.2, 0.25) is 0 Å². The van der Waals surface area contributed by atoms with E-state index in [2.05, 4.69) is 11.3 Å². The number of phenolic OH excluding ortho intramolecular Hbond substituents is 1. The van der Waals surface area contributed by atoms with Gasteiger partial charge in [0, 0.05) is 5.56 Å². The van der Waals surface area contributed by atoms with E-state index < -0.39 is 12.0 Å². The fourth-order valence-corrected chi connectivity index (χ4v) is 1.61. The fourth-order valence-electron chi connectivity index (χ4n) is 1.61. The number of hydrogen-bond acceptors (Lipinski definition) is 4. The number of ether oxygens (including phenoxy) is 1. The van der Waals surface area contributed by atoms with Crippen molar-refractivity contribution in [2.45, 2.75) is 6.42 Å². The van der Waals surface area contributed by atoms with Gasteiger partial charge in [0.05, 0.1) is 0 Å². The molecule has 0 atom stereocenters. The Labute approximate surface area is 103 Å². The number of rotatable bonds is 3. The lowest BCUT2D eigenvalue weighted by atomic mass is 10.1. The van der Waals surface area contributed by atoms with E-state index in [-0.39, 0.29) is 11.5 Å². The topological polar surface area (TPSA) is 75.6 Å². The van der Waals surface area contributed by atoms with Gasteiger partial charge < -0.3 is 9.84 Å². The third-order valence-corrected chi connectivity index (χ3v) is 2.44. The van der Waals surface area contributed by atoms with Crippen LogP contribution in [0.1, 0.15) is 11.1 Å². The predicted octanol–water partition coefficient (Wildman–Crippen LogP) is 1.73. The first-order chi connectivity index (χ1) is 8.61. The van der Waals surface area contributed by atoms with E-state index in [0.717, 1.165) is 0 Å². The van der Waals surface area contributed by atoms with E-state index in [4.69, 9.17) is 0 Å². The van der Waals surface area contributed by atoms with Gasteiger partial charge in [0.25, 0.3) is 5.91 Å². The fraction of sp³-hybridized carbons (Fsp3) is 0.0769. The largest absolute Gasteiger partial charge is 0.507 e. The van der Waals surface area contributed by atoms with Gasteiger partial charge in [-0.3, -0.25) is 10.1 Å². The number of cyclic esters (lactones) is 1. The van der Waals surface area contributed by atoms with E-state index in [0.29, 0.717) is 17.5 Å². The van der Waals surface area contributed by atoms with Crippen molar-refractivity contribution in [1.29, 1.82) is 0 Å². The Morgan fingerprint density at radius 1 is 1.39 bits per heavy atom. The number of nitrogens with one attached hydrogen (secondary N) is 1. The van der Waals surface area contributed by atoms with Crippen LogP contribution in [0.25, 0.3) is 6.08 Å². The van der Waals surface area contributed by atoms with E-state index in [1.54, 1.807) is 24.3 Å². The Bertz CT molecular complexity index is 560. The lowest BCUT2D eigenvalue weighted by Gasteiger charge is -2.05. The first-order valence-electron chi connectivity index (χ1n) is 5.28. The minimum Gasteiger partial charge on any atom is -0.507 e. The number of allylic oxidation sites excluding steroid dienone is 1. The maximum absolute atomic E-state index is 11.3. The van der Waals surface area contributed by atoms with E-state index in [1.165, 1.54) is 6.08 Å². The van der Waals surface area contributed by atoms with Crippen LogP contribution in [0.5, 0.6) is 5.75 Å². The van der Waals surface area contributed by atoms with Crippen molar-refractivity contribution in [2.75, 3.05) is 0 Å². The molecule has 1 heterocycles. The highest BCUT2D eigenvalue weighted by Gasteiger charge is 2.26. The second-order valence-electron chi connectivity index (χ2n) is 3.70. The molecular formula is C13H11NO4. The van der Waals surface area contributed by atoms with E-state index >= 15 is 0 Å². The average molecular weight is 245 g/mol. The van der Waals surface area contributed by atoms with Crippen molar-refractivity contribution in [2.24, 2.45) is 0 Å². The van der Waals surface area contributed by atoms with Gasteiger partial charge in [0.2, 0.25) is 0 Å². The Hall–Kier alpha value is -2.56. The summed E-state index contributed by atoms with van der Waals surface area (Å²) in [7, 11) is 0. The molecule has 1 aromatic rings. The molecule has 0 bridgehead atoms. The number of phenols is 1. The Kier molecular flexibility index (Phi) is 3.14. The molecular weight excluding hydrogens is 234 g/mol. The molecule has 0 saturated carbocycles. The lowest BCUT2D eigenvalue weighted by molar-refractivity contribution is -0.116. The zero-order valence-corrected chi connectivity index (χ0v) is 9.47. The minimum atomic E-state index is -0.812. The second-order valence-corrected chi connectivity index (χ2v) is 3.70. The van der Waals surface area contributed by atoms with Crippen LogP contribution < -0.4 is 5.32 Å². The summed E-state index contributed by atoms with van der Waals surface area (Å²) in [5.41, 5.74) is 1.10. The Balaban J connectivity index is 2.37. The Morgan fingerprint density at radius 3 is 2.78 bits per heavy atom. The molecule has 2 N–H and O–H groups in total. The summed E-state index contributed by atoms with van der Waals surface area (Å²) >= 11 is 0. The molecule has 0 aliphatic carbocycles. The molecule has 1 aromatic carbocycles. The molecule has 1 aliphatic heterocycles. The number of aromatic hydroxyl groups is 1. The summed E-state index contributed by atoms with van der Waals surface area (Å²) in [5.74, 6) is -0.708. The number of amides is 2. The number of carbonyl (C=O) groups is 2. The monoisotopic (exact) mass is 245 g/mol. The van der Waals surface area contributed by atoms with Crippen molar-refractivity contribution in [3.63, 3.8) is 0 Å². The summed E-state index contributed by atoms with van der Waals surface area (Å²) in [4.78, 5) is 22.1. The predicted molar refractivity (Wildman–Crippen MR) is 64.6 cm³/mol. The van der Waals surface area contributed by atoms with Crippen molar-refractivity contribution < 1.29 is 19.4 Å². The molecule has 1 saturated heterocycles. The molecule has 1 fully saturated rings. The van der Waals surface area contributed by atoms with Gasteiger partial charge >= 0.3 is 6.09 Å². The van der Waals surface area contributed by atoms with E-state index in [1.807, 2.05) is 5.32 Å². The highest BCUT2D eigenvalue weighted by atomic mass is 16.6. The first-order valence-corrected chi connectivity index (χ1v) is 5.28. The number of alkyl carbamates (subject to hydrolysis) is 1. The summed E-state index contributed by atoms with van der Waals surface area (Å²) in [6, 6.07) is 5.10. The molecule has 5 heteroatoms. The third kappa shape index (κ3) is 2.24. The van der Waals surface area contributed by atoms with Crippen molar-refractivity contribution in [1.82, 2.24) is 5.32 Å². The van der Waals surface area contributed by atoms with Gasteiger partial charge in [-0.2, -0.15) is 0 Å². The molecule has 5 nitrogen and oxygen atoms in total. The SMILES string of the molecule is C=CCc1cccc(/C=C2/OC(=O)NC2=O)c1O. The number of imide groups is 1. The van der Waals surface area contributed by atoms with Gasteiger partial charge in [0.1, 0.15) is 5.75 Å². The van der Waals surface area contributed by atoms with Crippen molar-refractivity contribution >= 4 is 18.1 Å². The number of hydrogen-bond donors (Lipinski definition) is 2. The smallest absolute Gasteiger partial charge is 0.419 e. The van der Waals surface area contributed by atoms with Gasteiger partial charge in [-0.15, -0.1) is 6.58 Å². The first kappa shape index (κ1) is 11.9. The van der Waals surface area contributed by atoms with Crippen molar-refractivity contribution in [3.8, 4) is 5.75 Å². The molecule has 0 aromatic heterocycles. The van der Waals surface area contributed by atoms with Gasteiger partial charge in [0.15, 0.2) is 5.76 Å². The zero-order chi connectivity index (χ0) is 13.1. The average Bonchev–Trinajstić information content (AvgIpc) is 2.63. The highest BCUT2D eigenvalue weighted by molar-refractivity contribution is 6.10. The maximum atomic E-state index is 11.3. The van der Waals surface area contributed by atoms with Crippen LogP contribution in [-0.4, -0.2) is 17.1 Å². The van der Waals surface area contributed by atoms with Crippen LogP contribution in [-0.2, 0) is 16.0 Å². The van der Waals surface area contributed by atoms with Gasteiger partial charge in [-0.05, 0) is 18.1 Å². The summed E-state index contributed by atoms with van der Waals surface area (Å²) in [5, 5.41) is 11.9. The second kappa shape index (κ2) is 4.75. The van der Waals surface area contributed by atoms with Crippen LogP contribution in [0, 0.1) is 0 Å². The molecule has 18 heavy (non-hydrogen) atoms. The number of para-hydroxylation sites is 1. The molecule has 2 amide bonds. The number of benzene rings is 1. The number of carbonyl (C=O) groups excluding carboxylic acids is 2. The highest BCUT2D eigenvalue weighted by Crippen LogP contribution is 2.26. The molecule has 0 unspecified atom stereocenters. The van der Waals surface area contributed by atoms with Crippen LogP contribution in [0.15, 0.2) is 36.6 Å². The van der Waals surface area contributed by atoms with Gasteiger partial charge in [-0.1, -0.05) is 24.3 Å². The van der Waals surface area contributed by atoms with Crippen LogP contribution in [0.4, 0.5) is 4.79 Å².